The first-order valence-corrected chi connectivity index (χ1v) is 5.76. The van der Waals surface area contributed by atoms with Gasteiger partial charge in [-0.2, -0.15) is 0 Å². The largest absolute Gasteiger partial charge is 0.398 e. The predicted octanol–water partition coefficient (Wildman–Crippen LogP) is 2.89. The summed E-state index contributed by atoms with van der Waals surface area (Å²) in [6.07, 6.45) is 1.14. The summed E-state index contributed by atoms with van der Waals surface area (Å²) >= 11 is 0. The molecule has 2 nitrogen and oxygen atoms in total. The van der Waals surface area contributed by atoms with E-state index in [1.54, 1.807) is 12.1 Å². The van der Waals surface area contributed by atoms with E-state index in [0.717, 1.165) is 13.0 Å². The quantitative estimate of drug-likeness (QED) is 0.779. The van der Waals surface area contributed by atoms with Gasteiger partial charge in [0.05, 0.1) is 0 Å². The molecule has 0 saturated carbocycles. The van der Waals surface area contributed by atoms with Gasteiger partial charge in [-0.05, 0) is 25.1 Å². The van der Waals surface area contributed by atoms with E-state index in [2.05, 4.69) is 18.7 Å². The van der Waals surface area contributed by atoms with Gasteiger partial charge in [0, 0.05) is 24.3 Å². The lowest BCUT2D eigenvalue weighted by Crippen LogP contribution is -2.24. The average molecular weight is 224 g/mol. The van der Waals surface area contributed by atoms with Crippen LogP contribution in [0.2, 0.25) is 0 Å². The van der Waals surface area contributed by atoms with Crippen LogP contribution in [-0.2, 0) is 6.54 Å². The third-order valence-corrected chi connectivity index (χ3v) is 2.90. The molecular weight excluding hydrogens is 203 g/mol. The second-order valence-corrected chi connectivity index (χ2v) is 4.52. The third kappa shape index (κ3) is 3.49. The molecule has 1 atom stereocenters. The van der Waals surface area contributed by atoms with Crippen LogP contribution in [0.4, 0.5) is 10.1 Å². The lowest BCUT2D eigenvalue weighted by Gasteiger charge is -2.21. The van der Waals surface area contributed by atoms with Crippen LogP contribution in [-0.4, -0.2) is 18.5 Å². The topological polar surface area (TPSA) is 29.3 Å². The fourth-order valence-corrected chi connectivity index (χ4v) is 1.74. The molecule has 0 bridgehead atoms. The van der Waals surface area contributed by atoms with Crippen molar-refractivity contribution in [1.29, 1.82) is 0 Å². The van der Waals surface area contributed by atoms with Crippen molar-refractivity contribution in [2.24, 2.45) is 5.92 Å². The van der Waals surface area contributed by atoms with Crippen LogP contribution >= 0.6 is 0 Å². The molecule has 1 aromatic carbocycles. The van der Waals surface area contributed by atoms with E-state index in [1.165, 1.54) is 6.07 Å². The van der Waals surface area contributed by atoms with E-state index in [-0.39, 0.29) is 5.82 Å². The van der Waals surface area contributed by atoms with Crippen molar-refractivity contribution in [3.63, 3.8) is 0 Å². The monoisotopic (exact) mass is 224 g/mol. The molecule has 90 valence electrons. The molecule has 2 N–H and O–H groups in total. The first-order valence-electron chi connectivity index (χ1n) is 5.76. The van der Waals surface area contributed by atoms with E-state index >= 15 is 0 Å². The number of hydrogen-bond acceptors (Lipinski definition) is 2. The summed E-state index contributed by atoms with van der Waals surface area (Å²) < 4.78 is 13.5. The smallest absolute Gasteiger partial charge is 0.129 e. The molecule has 0 aromatic heterocycles. The number of benzene rings is 1. The molecule has 0 radical (unpaired) electrons. The van der Waals surface area contributed by atoms with E-state index in [4.69, 9.17) is 5.73 Å². The second kappa shape index (κ2) is 5.85. The fraction of sp³-hybridized carbons (Fsp3) is 0.538. The molecule has 0 fully saturated rings. The molecule has 0 heterocycles. The Labute approximate surface area is 97.3 Å². The van der Waals surface area contributed by atoms with Gasteiger partial charge in [-0.1, -0.05) is 26.3 Å². The highest BCUT2D eigenvalue weighted by atomic mass is 19.1. The lowest BCUT2D eigenvalue weighted by molar-refractivity contribution is 0.272. The van der Waals surface area contributed by atoms with Gasteiger partial charge in [-0.25, -0.2) is 4.39 Å². The molecule has 0 spiro atoms. The zero-order chi connectivity index (χ0) is 12.1. The number of hydrogen-bond donors (Lipinski definition) is 1. The Morgan fingerprint density at radius 2 is 2.12 bits per heavy atom. The number of nitrogens with two attached hydrogens (primary N) is 1. The first-order chi connectivity index (χ1) is 7.54. The number of rotatable bonds is 5. The number of nitrogen functional groups attached to an aromatic ring is 1. The minimum absolute atomic E-state index is 0.212. The maximum atomic E-state index is 13.5. The van der Waals surface area contributed by atoms with Crippen molar-refractivity contribution in [1.82, 2.24) is 4.90 Å². The SMILES string of the molecule is CCC(C)CN(C)Cc1c(N)cccc1F. The van der Waals surface area contributed by atoms with E-state index in [1.807, 2.05) is 7.05 Å². The Morgan fingerprint density at radius 3 is 2.69 bits per heavy atom. The highest BCUT2D eigenvalue weighted by Gasteiger charge is 2.10. The first kappa shape index (κ1) is 13.0. The molecular formula is C13H21FN2. The van der Waals surface area contributed by atoms with Gasteiger partial charge in [-0.15, -0.1) is 0 Å². The van der Waals surface area contributed by atoms with Crippen LogP contribution < -0.4 is 5.73 Å². The van der Waals surface area contributed by atoms with E-state index in [9.17, 15) is 4.39 Å². The normalized spacial score (nSPS) is 13.1. The third-order valence-electron chi connectivity index (χ3n) is 2.90. The summed E-state index contributed by atoms with van der Waals surface area (Å²) in [5.74, 6) is 0.411. The van der Waals surface area contributed by atoms with Gasteiger partial charge in [0.2, 0.25) is 0 Å². The predicted molar refractivity (Wildman–Crippen MR) is 66.6 cm³/mol. The van der Waals surface area contributed by atoms with Crippen molar-refractivity contribution in [3.8, 4) is 0 Å². The highest BCUT2D eigenvalue weighted by Crippen LogP contribution is 2.18. The molecule has 0 aliphatic rings. The van der Waals surface area contributed by atoms with Crippen LogP contribution in [0.25, 0.3) is 0 Å². The van der Waals surface area contributed by atoms with Crippen LogP contribution in [0.3, 0.4) is 0 Å². The summed E-state index contributed by atoms with van der Waals surface area (Å²) in [6.45, 7) is 5.89. The maximum absolute atomic E-state index is 13.5. The van der Waals surface area contributed by atoms with Crippen molar-refractivity contribution in [2.75, 3.05) is 19.3 Å². The molecule has 1 unspecified atom stereocenters. The summed E-state index contributed by atoms with van der Waals surface area (Å²) in [7, 11) is 2.00. The van der Waals surface area contributed by atoms with Gasteiger partial charge >= 0.3 is 0 Å². The molecule has 0 aliphatic carbocycles. The van der Waals surface area contributed by atoms with Crippen molar-refractivity contribution in [2.45, 2.75) is 26.8 Å². The Bertz CT molecular complexity index is 318. The summed E-state index contributed by atoms with van der Waals surface area (Å²) in [5, 5.41) is 0. The molecule has 3 heteroatoms. The molecule has 1 rings (SSSR count). The van der Waals surface area contributed by atoms with Gasteiger partial charge in [-0.3, -0.25) is 0 Å². The van der Waals surface area contributed by atoms with Gasteiger partial charge in [0.1, 0.15) is 5.82 Å². The highest BCUT2D eigenvalue weighted by molar-refractivity contribution is 5.47. The summed E-state index contributed by atoms with van der Waals surface area (Å²) in [6, 6.07) is 4.85. The number of halogens is 1. The van der Waals surface area contributed by atoms with Crippen LogP contribution in [0.1, 0.15) is 25.8 Å². The fourth-order valence-electron chi connectivity index (χ4n) is 1.74. The van der Waals surface area contributed by atoms with Crippen LogP contribution in [0.5, 0.6) is 0 Å². The zero-order valence-electron chi connectivity index (χ0n) is 10.3. The number of anilines is 1. The van der Waals surface area contributed by atoms with Gasteiger partial charge < -0.3 is 10.6 Å². The molecule has 1 aromatic rings. The zero-order valence-corrected chi connectivity index (χ0v) is 10.3. The van der Waals surface area contributed by atoms with Gasteiger partial charge in [0.25, 0.3) is 0 Å². The second-order valence-electron chi connectivity index (χ2n) is 4.52. The average Bonchev–Trinajstić information content (AvgIpc) is 2.23. The van der Waals surface area contributed by atoms with E-state index in [0.29, 0.717) is 23.7 Å². The molecule has 16 heavy (non-hydrogen) atoms. The summed E-state index contributed by atoms with van der Waals surface area (Å²) in [4.78, 5) is 2.11. The van der Waals surface area contributed by atoms with Crippen LogP contribution in [0.15, 0.2) is 18.2 Å². The number of nitrogens with zero attached hydrogens (tertiary/aromatic N) is 1. The van der Waals surface area contributed by atoms with Crippen molar-refractivity contribution in [3.05, 3.63) is 29.6 Å². The Kier molecular flexibility index (Phi) is 4.74. The Morgan fingerprint density at radius 1 is 1.44 bits per heavy atom. The minimum atomic E-state index is -0.212. The Balaban J connectivity index is 2.66. The molecule has 0 saturated heterocycles. The molecule has 0 amide bonds. The minimum Gasteiger partial charge on any atom is -0.398 e. The maximum Gasteiger partial charge on any atom is 0.129 e. The summed E-state index contributed by atoms with van der Waals surface area (Å²) in [5.41, 5.74) is 6.91. The Hall–Kier alpha value is -1.09. The molecule has 0 aliphatic heterocycles. The van der Waals surface area contributed by atoms with Crippen LogP contribution in [0, 0.1) is 11.7 Å². The van der Waals surface area contributed by atoms with E-state index < -0.39 is 0 Å². The standard InChI is InChI=1S/C13H21FN2/c1-4-10(2)8-16(3)9-11-12(14)6-5-7-13(11)15/h5-7,10H,4,8-9,15H2,1-3H3. The van der Waals surface area contributed by atoms with Crippen molar-refractivity contribution < 1.29 is 4.39 Å². The lowest BCUT2D eigenvalue weighted by atomic mass is 10.1. The van der Waals surface area contributed by atoms with Gasteiger partial charge in [0.15, 0.2) is 0 Å². The van der Waals surface area contributed by atoms with Crippen molar-refractivity contribution >= 4 is 5.69 Å².